The number of methoxy groups -OCH3 is 1. The number of amides is 2. The SMILES string of the molecule is COc1ccc(C(NCC(=O)N2CCC(C(=O)N(C)C(C)C)CC2)C2CC2)cc1. The van der Waals surface area contributed by atoms with E-state index in [0.29, 0.717) is 25.6 Å². The van der Waals surface area contributed by atoms with E-state index in [1.54, 1.807) is 7.11 Å². The number of hydrogen-bond donors (Lipinski definition) is 1. The van der Waals surface area contributed by atoms with Crippen molar-refractivity contribution in [2.75, 3.05) is 33.8 Å². The van der Waals surface area contributed by atoms with Gasteiger partial charge in [0.1, 0.15) is 5.75 Å². The van der Waals surface area contributed by atoms with E-state index in [9.17, 15) is 9.59 Å². The molecular formula is C23H35N3O3. The van der Waals surface area contributed by atoms with Crippen LogP contribution in [0.1, 0.15) is 51.1 Å². The van der Waals surface area contributed by atoms with E-state index in [1.807, 2.05) is 42.8 Å². The molecule has 6 nitrogen and oxygen atoms in total. The quantitative estimate of drug-likeness (QED) is 0.728. The first-order valence-corrected chi connectivity index (χ1v) is 10.8. The number of nitrogens with zero attached hydrogens (tertiary/aromatic N) is 2. The van der Waals surface area contributed by atoms with Gasteiger partial charge in [-0.25, -0.2) is 0 Å². The lowest BCUT2D eigenvalue weighted by Gasteiger charge is -2.34. The summed E-state index contributed by atoms with van der Waals surface area (Å²) in [6.45, 7) is 5.74. The Morgan fingerprint density at radius 3 is 2.28 bits per heavy atom. The van der Waals surface area contributed by atoms with E-state index < -0.39 is 0 Å². The molecule has 6 heteroatoms. The number of likely N-dealkylation sites (tertiary alicyclic amines) is 1. The van der Waals surface area contributed by atoms with Gasteiger partial charge in [-0.2, -0.15) is 0 Å². The predicted octanol–water partition coefficient (Wildman–Crippen LogP) is 2.84. The second-order valence-electron chi connectivity index (χ2n) is 8.67. The maximum Gasteiger partial charge on any atom is 0.236 e. The molecule has 1 aliphatic heterocycles. The van der Waals surface area contributed by atoms with Crippen LogP contribution in [-0.2, 0) is 9.59 Å². The molecule has 160 valence electrons. The highest BCUT2D eigenvalue weighted by molar-refractivity contribution is 5.81. The standard InChI is InChI=1S/C23H35N3O3/c1-16(2)25(3)23(28)19-11-13-26(14-12-19)21(27)15-24-22(17-5-6-17)18-7-9-20(29-4)10-8-18/h7-10,16-17,19,22,24H,5-6,11-15H2,1-4H3. The lowest BCUT2D eigenvalue weighted by Crippen LogP contribution is -2.47. The largest absolute Gasteiger partial charge is 0.497 e. The van der Waals surface area contributed by atoms with Crippen LogP contribution in [0.15, 0.2) is 24.3 Å². The van der Waals surface area contributed by atoms with E-state index in [-0.39, 0.29) is 29.8 Å². The summed E-state index contributed by atoms with van der Waals surface area (Å²) in [4.78, 5) is 29.0. The average molecular weight is 402 g/mol. The van der Waals surface area contributed by atoms with Crippen molar-refractivity contribution in [1.29, 1.82) is 0 Å². The third kappa shape index (κ3) is 5.50. The monoisotopic (exact) mass is 401 g/mol. The lowest BCUT2D eigenvalue weighted by molar-refractivity contribution is -0.140. The Bertz CT molecular complexity index is 692. The molecule has 2 fully saturated rings. The smallest absolute Gasteiger partial charge is 0.236 e. The Kier molecular flexibility index (Phi) is 7.17. The van der Waals surface area contributed by atoms with Crippen LogP contribution in [-0.4, -0.2) is 61.4 Å². The summed E-state index contributed by atoms with van der Waals surface area (Å²) in [7, 11) is 3.54. The van der Waals surface area contributed by atoms with Gasteiger partial charge in [0.2, 0.25) is 11.8 Å². The molecule has 1 aliphatic carbocycles. The minimum atomic E-state index is 0.0397. The second-order valence-corrected chi connectivity index (χ2v) is 8.67. The van der Waals surface area contributed by atoms with Crippen LogP contribution < -0.4 is 10.1 Å². The van der Waals surface area contributed by atoms with Crippen molar-refractivity contribution in [2.45, 2.75) is 51.6 Å². The summed E-state index contributed by atoms with van der Waals surface area (Å²) in [5, 5.41) is 3.49. The molecule has 0 radical (unpaired) electrons. The van der Waals surface area contributed by atoms with Gasteiger partial charge in [-0.15, -0.1) is 0 Å². The lowest BCUT2D eigenvalue weighted by atomic mass is 9.95. The van der Waals surface area contributed by atoms with Crippen molar-refractivity contribution in [2.24, 2.45) is 11.8 Å². The van der Waals surface area contributed by atoms with E-state index in [2.05, 4.69) is 17.4 Å². The Morgan fingerprint density at radius 1 is 1.14 bits per heavy atom. The average Bonchev–Trinajstić information content (AvgIpc) is 3.58. The number of nitrogens with one attached hydrogen (secondary N) is 1. The van der Waals surface area contributed by atoms with E-state index in [0.717, 1.165) is 18.6 Å². The van der Waals surface area contributed by atoms with Crippen LogP contribution in [0.4, 0.5) is 0 Å². The fourth-order valence-corrected chi connectivity index (χ4v) is 4.02. The first kappa shape index (κ1) is 21.6. The minimum absolute atomic E-state index is 0.0397. The van der Waals surface area contributed by atoms with Gasteiger partial charge < -0.3 is 19.9 Å². The van der Waals surface area contributed by atoms with Gasteiger partial charge in [0.25, 0.3) is 0 Å². The molecule has 0 aromatic heterocycles. The molecule has 2 aliphatic rings. The number of rotatable bonds is 8. The summed E-state index contributed by atoms with van der Waals surface area (Å²) in [5.41, 5.74) is 1.21. The molecular weight excluding hydrogens is 366 g/mol. The molecule has 1 unspecified atom stereocenters. The molecule has 3 rings (SSSR count). The molecule has 1 saturated carbocycles. The third-order valence-electron chi connectivity index (χ3n) is 6.36. The van der Waals surface area contributed by atoms with Crippen molar-refractivity contribution in [3.05, 3.63) is 29.8 Å². The van der Waals surface area contributed by atoms with Crippen LogP contribution in [0.3, 0.4) is 0 Å². The number of carbonyl (C=O) groups excluding carboxylic acids is 2. The minimum Gasteiger partial charge on any atom is -0.497 e. The van der Waals surface area contributed by atoms with Gasteiger partial charge in [-0.05, 0) is 63.1 Å². The zero-order valence-corrected chi connectivity index (χ0v) is 18.2. The number of carbonyl (C=O) groups is 2. The van der Waals surface area contributed by atoms with Gasteiger partial charge in [-0.3, -0.25) is 9.59 Å². The molecule has 0 bridgehead atoms. The maximum absolute atomic E-state index is 12.7. The molecule has 1 heterocycles. The van der Waals surface area contributed by atoms with Crippen LogP contribution in [0, 0.1) is 11.8 Å². The number of hydrogen-bond acceptors (Lipinski definition) is 4. The fourth-order valence-electron chi connectivity index (χ4n) is 4.02. The van der Waals surface area contributed by atoms with Crippen molar-refractivity contribution in [3.8, 4) is 5.75 Å². The maximum atomic E-state index is 12.7. The topological polar surface area (TPSA) is 61.9 Å². The van der Waals surface area contributed by atoms with Crippen LogP contribution in [0.2, 0.25) is 0 Å². The van der Waals surface area contributed by atoms with Crippen LogP contribution >= 0.6 is 0 Å². The summed E-state index contributed by atoms with van der Waals surface area (Å²) in [6.07, 6.45) is 3.92. The Morgan fingerprint density at radius 2 is 1.76 bits per heavy atom. The van der Waals surface area contributed by atoms with E-state index in [1.165, 1.54) is 18.4 Å². The Hall–Kier alpha value is -2.08. The summed E-state index contributed by atoms with van der Waals surface area (Å²) in [5.74, 6) is 1.83. The van der Waals surface area contributed by atoms with Crippen molar-refractivity contribution >= 4 is 11.8 Å². The van der Waals surface area contributed by atoms with Crippen LogP contribution in [0.5, 0.6) is 5.75 Å². The normalized spacial score (nSPS) is 18.6. The molecule has 2 amide bonds. The van der Waals surface area contributed by atoms with Crippen molar-refractivity contribution < 1.29 is 14.3 Å². The Balaban J connectivity index is 1.49. The molecule has 1 saturated heterocycles. The molecule has 29 heavy (non-hydrogen) atoms. The highest BCUT2D eigenvalue weighted by Crippen LogP contribution is 2.41. The van der Waals surface area contributed by atoms with E-state index >= 15 is 0 Å². The molecule has 1 atom stereocenters. The predicted molar refractivity (Wildman–Crippen MR) is 114 cm³/mol. The summed E-state index contributed by atoms with van der Waals surface area (Å²) >= 11 is 0. The van der Waals surface area contributed by atoms with Crippen molar-refractivity contribution in [1.82, 2.24) is 15.1 Å². The van der Waals surface area contributed by atoms with Crippen molar-refractivity contribution in [3.63, 3.8) is 0 Å². The first-order valence-electron chi connectivity index (χ1n) is 10.8. The number of piperidine rings is 1. The fraction of sp³-hybridized carbons (Fsp3) is 0.652. The zero-order chi connectivity index (χ0) is 21.0. The molecule has 1 aromatic rings. The Labute approximate surface area is 174 Å². The highest BCUT2D eigenvalue weighted by atomic mass is 16.5. The second kappa shape index (κ2) is 9.61. The van der Waals surface area contributed by atoms with Gasteiger partial charge in [-0.1, -0.05) is 12.1 Å². The van der Waals surface area contributed by atoms with Gasteiger partial charge >= 0.3 is 0 Å². The number of benzene rings is 1. The molecule has 1 aromatic carbocycles. The van der Waals surface area contributed by atoms with Gasteiger partial charge in [0.05, 0.1) is 13.7 Å². The van der Waals surface area contributed by atoms with E-state index in [4.69, 9.17) is 4.74 Å². The molecule has 0 spiro atoms. The highest BCUT2D eigenvalue weighted by Gasteiger charge is 2.34. The van der Waals surface area contributed by atoms with Crippen LogP contribution in [0.25, 0.3) is 0 Å². The first-order chi connectivity index (χ1) is 13.9. The summed E-state index contributed by atoms with van der Waals surface area (Å²) in [6, 6.07) is 8.55. The summed E-state index contributed by atoms with van der Waals surface area (Å²) < 4.78 is 5.25. The number of ether oxygens (including phenoxy) is 1. The third-order valence-corrected chi connectivity index (χ3v) is 6.36. The zero-order valence-electron chi connectivity index (χ0n) is 18.2. The van der Waals surface area contributed by atoms with Gasteiger partial charge in [0, 0.05) is 38.1 Å². The molecule has 1 N–H and O–H groups in total. The van der Waals surface area contributed by atoms with Gasteiger partial charge in [0.15, 0.2) is 0 Å².